The average molecular weight is 413 g/mol. The van der Waals surface area contributed by atoms with Crippen molar-refractivity contribution in [1.29, 1.82) is 0 Å². The van der Waals surface area contributed by atoms with Gasteiger partial charge in [-0.3, -0.25) is 9.20 Å². The van der Waals surface area contributed by atoms with Gasteiger partial charge < -0.3 is 15.4 Å². The van der Waals surface area contributed by atoms with Gasteiger partial charge in [-0.25, -0.2) is 23.1 Å². The van der Waals surface area contributed by atoms with Crippen LogP contribution in [0.2, 0.25) is 0 Å². The number of carbonyl (C=O) groups excluding carboxylic acids is 1. The number of anilines is 1. The van der Waals surface area contributed by atoms with Crippen molar-refractivity contribution >= 4 is 28.3 Å². The lowest BCUT2D eigenvalue weighted by atomic mass is 10.1. The van der Waals surface area contributed by atoms with Crippen molar-refractivity contribution in [3.8, 4) is 5.75 Å². The molecule has 3 heterocycles. The number of likely N-dealkylation sites (N-methyl/N-ethyl adjacent to an activating group) is 1. The number of nitrogens with two attached hydrogens (primary N) is 1. The van der Waals surface area contributed by atoms with Crippen LogP contribution in [-0.2, 0) is 0 Å². The summed E-state index contributed by atoms with van der Waals surface area (Å²) in [5.41, 5.74) is 7.22. The van der Waals surface area contributed by atoms with E-state index in [4.69, 9.17) is 10.5 Å². The fraction of sp³-hybridized carbons (Fsp3) is 0.150. The minimum Gasteiger partial charge on any atom is -0.491 e. The second-order valence-corrected chi connectivity index (χ2v) is 7.01. The van der Waals surface area contributed by atoms with Gasteiger partial charge in [-0.2, -0.15) is 0 Å². The van der Waals surface area contributed by atoms with E-state index >= 15 is 0 Å². The molecule has 2 aromatic carbocycles. The summed E-state index contributed by atoms with van der Waals surface area (Å²) in [6.07, 6.45) is 3.00. The number of halogens is 3. The Bertz CT molecular complexity index is 1350. The summed E-state index contributed by atoms with van der Waals surface area (Å²) in [5, 5.41) is 0. The number of fused-ring (bicyclic) bond motifs is 4. The summed E-state index contributed by atoms with van der Waals surface area (Å²) in [7, 11) is 1.45. The van der Waals surface area contributed by atoms with Gasteiger partial charge in [-0.1, -0.05) is 0 Å². The maximum absolute atomic E-state index is 14.8. The molecule has 0 aliphatic carbocycles. The summed E-state index contributed by atoms with van der Waals surface area (Å²) in [5.74, 6) is -3.18. The summed E-state index contributed by atoms with van der Waals surface area (Å²) in [6.45, 7) is -0.000474. The van der Waals surface area contributed by atoms with Gasteiger partial charge in [0.2, 0.25) is 0 Å². The zero-order chi connectivity index (χ0) is 21.2. The fourth-order valence-electron chi connectivity index (χ4n) is 3.70. The Labute approximate surface area is 167 Å². The van der Waals surface area contributed by atoms with Crippen molar-refractivity contribution in [2.75, 3.05) is 19.4 Å². The van der Waals surface area contributed by atoms with Gasteiger partial charge in [-0.05, 0) is 12.1 Å². The van der Waals surface area contributed by atoms with Crippen LogP contribution < -0.4 is 10.5 Å². The van der Waals surface area contributed by atoms with Crippen LogP contribution in [0.15, 0.2) is 36.8 Å². The van der Waals surface area contributed by atoms with Crippen LogP contribution in [0.25, 0.3) is 16.6 Å². The Balaban J connectivity index is 1.58. The van der Waals surface area contributed by atoms with Crippen LogP contribution in [0.3, 0.4) is 0 Å². The molecular formula is C20H14F3N5O2. The zero-order valence-electron chi connectivity index (χ0n) is 15.6. The number of imidazole rings is 1. The molecule has 0 bridgehead atoms. The van der Waals surface area contributed by atoms with Crippen LogP contribution in [-0.4, -0.2) is 38.8 Å². The lowest BCUT2D eigenvalue weighted by Crippen LogP contribution is -2.32. The predicted molar refractivity (Wildman–Crippen MR) is 102 cm³/mol. The maximum Gasteiger partial charge on any atom is 0.257 e. The first-order valence-corrected chi connectivity index (χ1v) is 8.95. The van der Waals surface area contributed by atoms with Gasteiger partial charge in [0.15, 0.2) is 11.6 Å². The molecular weight excluding hydrogens is 399 g/mol. The number of hydrogen-bond acceptors (Lipinski definition) is 5. The molecule has 0 saturated carbocycles. The van der Waals surface area contributed by atoms with E-state index in [2.05, 4.69) is 9.97 Å². The van der Waals surface area contributed by atoms with Crippen LogP contribution in [0.1, 0.15) is 22.0 Å². The Kier molecular flexibility index (Phi) is 3.85. The number of rotatable bonds is 2. The number of hydrogen-bond donors (Lipinski definition) is 1. The quantitative estimate of drug-likeness (QED) is 0.546. The van der Waals surface area contributed by atoms with Gasteiger partial charge in [-0.15, -0.1) is 0 Å². The first-order chi connectivity index (χ1) is 14.3. The monoisotopic (exact) mass is 413 g/mol. The third kappa shape index (κ3) is 2.56. The average Bonchev–Trinajstić information content (AvgIpc) is 3.35. The highest BCUT2D eigenvalue weighted by molar-refractivity contribution is 5.98. The molecule has 0 radical (unpaired) electrons. The Morgan fingerprint density at radius 3 is 2.73 bits per heavy atom. The molecule has 2 aromatic heterocycles. The molecule has 1 aliphatic rings. The van der Waals surface area contributed by atoms with E-state index in [9.17, 15) is 18.0 Å². The summed E-state index contributed by atoms with van der Waals surface area (Å²) in [6, 6.07) is 3.72. The third-order valence-electron chi connectivity index (χ3n) is 5.29. The first-order valence-electron chi connectivity index (χ1n) is 8.95. The summed E-state index contributed by atoms with van der Waals surface area (Å²) in [4.78, 5) is 22.5. The Morgan fingerprint density at radius 2 is 1.93 bits per heavy atom. The highest BCUT2D eigenvalue weighted by atomic mass is 19.2. The molecule has 1 amide bonds. The normalized spacial score (nSPS) is 15.4. The van der Waals surface area contributed by atoms with E-state index in [1.165, 1.54) is 30.5 Å². The second-order valence-electron chi connectivity index (χ2n) is 7.01. The highest BCUT2D eigenvalue weighted by Crippen LogP contribution is 2.37. The number of carbonyl (C=O) groups is 1. The van der Waals surface area contributed by atoms with Gasteiger partial charge in [0, 0.05) is 24.7 Å². The van der Waals surface area contributed by atoms with Crippen molar-refractivity contribution in [3.63, 3.8) is 0 Å². The number of nitrogens with zero attached hydrogens (tertiary/aromatic N) is 4. The molecule has 0 saturated heterocycles. The molecule has 0 unspecified atom stereocenters. The van der Waals surface area contributed by atoms with Crippen molar-refractivity contribution in [1.82, 2.24) is 19.3 Å². The number of ether oxygens (including phenoxy) is 1. The van der Waals surface area contributed by atoms with Gasteiger partial charge in [0.1, 0.15) is 29.5 Å². The van der Waals surface area contributed by atoms with E-state index in [-0.39, 0.29) is 29.3 Å². The third-order valence-corrected chi connectivity index (χ3v) is 5.29. The number of nitrogen functional groups attached to an aromatic ring is 1. The van der Waals surface area contributed by atoms with E-state index in [0.717, 1.165) is 18.2 Å². The molecule has 10 heteroatoms. The van der Waals surface area contributed by atoms with Crippen molar-refractivity contribution in [2.45, 2.75) is 6.04 Å². The Morgan fingerprint density at radius 1 is 1.17 bits per heavy atom. The lowest BCUT2D eigenvalue weighted by molar-refractivity contribution is 0.0704. The molecule has 5 rings (SSSR count). The summed E-state index contributed by atoms with van der Waals surface area (Å²) >= 11 is 0. The molecule has 4 aromatic rings. The minimum atomic E-state index is -1.05. The standard InChI is InChI=1S/C20H14F3N5O2/c1-27(17-7-30-18-5-13(23)12(22)2-10(17)18)20(29)9-3-15-14(4-11(9)21)26-19(24)16-6-25-8-28(15)16/h2-6,8,17H,7H2,1H3,(H2,24,26)/t17-/m1/s1. The Hall–Kier alpha value is -3.82. The number of amides is 1. The molecule has 1 atom stereocenters. The van der Waals surface area contributed by atoms with Crippen LogP contribution in [0, 0.1) is 17.5 Å². The SMILES string of the molecule is CN(C(=O)c1cc2c(cc1F)nc(N)c1cncn12)[C@@H]1COc2cc(F)c(F)cc21. The lowest BCUT2D eigenvalue weighted by Gasteiger charge is -2.24. The molecule has 0 spiro atoms. The largest absolute Gasteiger partial charge is 0.491 e. The van der Waals surface area contributed by atoms with Crippen LogP contribution in [0.5, 0.6) is 5.75 Å². The van der Waals surface area contributed by atoms with Crippen molar-refractivity contribution in [2.24, 2.45) is 0 Å². The molecule has 0 fully saturated rings. The van der Waals surface area contributed by atoms with Crippen molar-refractivity contribution in [3.05, 3.63) is 65.4 Å². The number of aromatic nitrogens is 3. The maximum atomic E-state index is 14.8. The minimum absolute atomic E-state index is 0.000474. The van der Waals surface area contributed by atoms with E-state index in [1.807, 2.05) is 0 Å². The fourth-order valence-corrected chi connectivity index (χ4v) is 3.70. The van der Waals surface area contributed by atoms with Crippen molar-refractivity contribution < 1.29 is 22.7 Å². The van der Waals surface area contributed by atoms with Crippen LogP contribution >= 0.6 is 0 Å². The number of benzene rings is 2. The van der Waals surface area contributed by atoms with E-state index < -0.39 is 29.4 Å². The van der Waals surface area contributed by atoms with E-state index in [1.54, 1.807) is 4.40 Å². The van der Waals surface area contributed by atoms with Gasteiger partial charge >= 0.3 is 0 Å². The molecule has 7 nitrogen and oxygen atoms in total. The highest BCUT2D eigenvalue weighted by Gasteiger charge is 2.33. The smallest absolute Gasteiger partial charge is 0.257 e. The molecule has 152 valence electrons. The topological polar surface area (TPSA) is 85.8 Å². The first kappa shape index (κ1) is 18.2. The summed E-state index contributed by atoms with van der Waals surface area (Å²) < 4.78 is 48.9. The van der Waals surface area contributed by atoms with Gasteiger partial charge in [0.05, 0.1) is 35.2 Å². The zero-order valence-corrected chi connectivity index (χ0v) is 15.6. The molecule has 2 N–H and O–H groups in total. The molecule has 30 heavy (non-hydrogen) atoms. The van der Waals surface area contributed by atoms with Crippen LogP contribution in [0.4, 0.5) is 19.0 Å². The second kappa shape index (κ2) is 6.34. The molecule has 1 aliphatic heterocycles. The van der Waals surface area contributed by atoms with Gasteiger partial charge in [0.25, 0.3) is 5.91 Å². The van der Waals surface area contributed by atoms with E-state index in [0.29, 0.717) is 16.6 Å². The predicted octanol–water partition coefficient (Wildman–Crippen LogP) is 3.09.